The van der Waals surface area contributed by atoms with Gasteiger partial charge in [0.1, 0.15) is 5.75 Å². The summed E-state index contributed by atoms with van der Waals surface area (Å²) in [7, 11) is 1.54. The predicted octanol–water partition coefficient (Wildman–Crippen LogP) is 3.12. The maximum Gasteiger partial charge on any atom is 0.264 e. The Morgan fingerprint density at radius 2 is 2.00 bits per heavy atom. The molecule has 2 saturated heterocycles. The van der Waals surface area contributed by atoms with Crippen molar-refractivity contribution in [3.63, 3.8) is 0 Å². The minimum Gasteiger partial charge on any atom is -0.497 e. The molecule has 0 spiro atoms. The molecule has 9 heteroatoms. The highest BCUT2D eigenvalue weighted by atomic mass is 16.5. The number of carbonyl (C=O) groups is 3. The topological polar surface area (TPSA) is 111 Å². The van der Waals surface area contributed by atoms with Crippen LogP contribution in [0, 0.1) is 5.92 Å². The van der Waals surface area contributed by atoms with Gasteiger partial charge in [-0.05, 0) is 55.2 Å². The first kappa shape index (κ1) is 27.9. The van der Waals surface area contributed by atoms with E-state index in [-0.39, 0.29) is 37.4 Å². The number of amides is 3. The zero-order valence-electron chi connectivity index (χ0n) is 23.1. The molecule has 40 heavy (non-hydrogen) atoms. The molecule has 3 heterocycles. The lowest BCUT2D eigenvalue weighted by Crippen LogP contribution is -2.44. The Morgan fingerprint density at radius 1 is 1.18 bits per heavy atom. The van der Waals surface area contributed by atoms with Gasteiger partial charge in [0.15, 0.2) is 5.60 Å². The zero-order chi connectivity index (χ0) is 28.4. The molecule has 0 unspecified atom stereocenters. The summed E-state index contributed by atoms with van der Waals surface area (Å²) in [5.41, 5.74) is 0.836. The SMILES string of the molecule is COc1ccc2c(c1)[C@](O)([C@@H](C)/C=C/CC(=O)N1CCC[C@H]1CO)C(=O)N2Cc1cccc(N2CCCC2=O)c1. The summed E-state index contributed by atoms with van der Waals surface area (Å²) < 4.78 is 5.41. The average Bonchev–Trinajstić information content (AvgIpc) is 3.67. The third-order valence-corrected chi connectivity index (χ3v) is 8.40. The molecule has 0 radical (unpaired) electrons. The number of rotatable bonds is 9. The lowest BCUT2D eigenvalue weighted by atomic mass is 9.83. The minimum atomic E-state index is -1.85. The number of carbonyl (C=O) groups excluding carboxylic acids is 3. The van der Waals surface area contributed by atoms with Crippen molar-refractivity contribution in [1.29, 1.82) is 0 Å². The molecule has 212 valence electrons. The Kier molecular flexibility index (Phi) is 7.96. The van der Waals surface area contributed by atoms with Crippen molar-refractivity contribution in [3.8, 4) is 5.75 Å². The summed E-state index contributed by atoms with van der Waals surface area (Å²) in [6.45, 7) is 3.25. The molecule has 3 aliphatic rings. The number of aliphatic hydroxyl groups is 2. The second-order valence-corrected chi connectivity index (χ2v) is 10.8. The molecule has 2 N–H and O–H groups in total. The van der Waals surface area contributed by atoms with Crippen LogP contribution in [0.5, 0.6) is 5.75 Å². The van der Waals surface area contributed by atoms with Crippen molar-refractivity contribution < 1.29 is 29.3 Å². The molecule has 2 fully saturated rings. The predicted molar refractivity (Wildman–Crippen MR) is 151 cm³/mol. The molecule has 5 rings (SSSR count). The van der Waals surface area contributed by atoms with Crippen LogP contribution in [0.3, 0.4) is 0 Å². The highest BCUT2D eigenvalue weighted by Gasteiger charge is 2.52. The summed E-state index contributed by atoms with van der Waals surface area (Å²) in [5.74, 6) is -0.551. The Labute approximate surface area is 234 Å². The van der Waals surface area contributed by atoms with Crippen LogP contribution < -0.4 is 14.5 Å². The molecular weight excluding hydrogens is 510 g/mol. The van der Waals surface area contributed by atoms with Crippen LogP contribution in [0.15, 0.2) is 54.6 Å². The van der Waals surface area contributed by atoms with Gasteiger partial charge in [0, 0.05) is 43.1 Å². The van der Waals surface area contributed by atoms with Crippen molar-refractivity contribution in [2.24, 2.45) is 5.92 Å². The maximum atomic E-state index is 13.9. The number of hydrogen-bond donors (Lipinski definition) is 2. The van der Waals surface area contributed by atoms with E-state index in [0.29, 0.717) is 36.5 Å². The molecule has 3 amide bonds. The first-order chi connectivity index (χ1) is 19.3. The van der Waals surface area contributed by atoms with Crippen LogP contribution in [-0.4, -0.2) is 65.7 Å². The summed E-state index contributed by atoms with van der Waals surface area (Å²) in [6, 6.07) is 12.7. The van der Waals surface area contributed by atoms with E-state index in [2.05, 4.69) is 0 Å². The van der Waals surface area contributed by atoms with Gasteiger partial charge < -0.3 is 29.6 Å². The second kappa shape index (κ2) is 11.4. The molecular formula is C31H37N3O6. The molecule has 0 aliphatic carbocycles. The molecule has 2 aromatic rings. The van der Waals surface area contributed by atoms with Gasteiger partial charge in [0.2, 0.25) is 11.8 Å². The van der Waals surface area contributed by atoms with Gasteiger partial charge in [-0.3, -0.25) is 14.4 Å². The van der Waals surface area contributed by atoms with Gasteiger partial charge in [-0.2, -0.15) is 0 Å². The van der Waals surface area contributed by atoms with Crippen LogP contribution in [0.4, 0.5) is 11.4 Å². The van der Waals surface area contributed by atoms with E-state index < -0.39 is 17.4 Å². The Bertz CT molecular complexity index is 1330. The molecule has 0 saturated carbocycles. The van der Waals surface area contributed by atoms with E-state index in [1.54, 1.807) is 52.0 Å². The number of methoxy groups -OCH3 is 1. The Morgan fingerprint density at radius 3 is 2.73 bits per heavy atom. The number of hydrogen-bond acceptors (Lipinski definition) is 6. The summed E-state index contributed by atoms with van der Waals surface area (Å²) in [4.78, 5) is 44.0. The average molecular weight is 548 g/mol. The number of aliphatic hydroxyl groups excluding tert-OH is 1. The summed E-state index contributed by atoms with van der Waals surface area (Å²) in [5, 5.41) is 21.5. The van der Waals surface area contributed by atoms with Gasteiger partial charge in [-0.1, -0.05) is 31.2 Å². The number of nitrogens with zero attached hydrogens (tertiary/aromatic N) is 3. The third kappa shape index (κ3) is 4.99. The van der Waals surface area contributed by atoms with E-state index in [0.717, 1.165) is 30.5 Å². The standard InChI is InChI=1S/C31H37N3O6/c1-21(7-3-11-28(36)33-15-5-10-24(33)20-35)31(39)26-18-25(40-2)13-14-27(26)34(30(31)38)19-22-8-4-9-23(17-22)32-16-6-12-29(32)37/h3-4,7-9,13-14,17-18,21,24,35,39H,5-6,10-12,15-16,19-20H2,1-2H3/b7-3+/t21-,24-,31+/m0/s1. The smallest absolute Gasteiger partial charge is 0.264 e. The highest BCUT2D eigenvalue weighted by Crippen LogP contribution is 2.47. The van der Waals surface area contributed by atoms with Crippen molar-refractivity contribution in [2.75, 3.05) is 36.6 Å². The number of benzene rings is 2. The van der Waals surface area contributed by atoms with E-state index in [1.807, 2.05) is 24.3 Å². The number of likely N-dealkylation sites (tertiary alicyclic amines) is 1. The number of anilines is 2. The Balaban J connectivity index is 1.39. The van der Waals surface area contributed by atoms with E-state index in [1.165, 1.54) is 7.11 Å². The third-order valence-electron chi connectivity index (χ3n) is 8.40. The number of ether oxygens (including phenoxy) is 1. The molecule has 3 aliphatic heterocycles. The lowest BCUT2D eigenvalue weighted by molar-refractivity contribution is -0.139. The second-order valence-electron chi connectivity index (χ2n) is 10.8. The van der Waals surface area contributed by atoms with Crippen LogP contribution in [0.1, 0.15) is 50.2 Å². The van der Waals surface area contributed by atoms with Gasteiger partial charge in [-0.25, -0.2) is 0 Å². The van der Waals surface area contributed by atoms with Crippen molar-refractivity contribution in [2.45, 2.75) is 57.2 Å². The van der Waals surface area contributed by atoms with Crippen LogP contribution in [-0.2, 0) is 26.5 Å². The van der Waals surface area contributed by atoms with Crippen LogP contribution >= 0.6 is 0 Å². The minimum absolute atomic E-state index is 0.0498. The summed E-state index contributed by atoms with van der Waals surface area (Å²) in [6.07, 6.45) is 6.57. The highest BCUT2D eigenvalue weighted by molar-refractivity contribution is 6.07. The van der Waals surface area contributed by atoms with Crippen molar-refractivity contribution in [1.82, 2.24) is 4.90 Å². The molecule has 9 nitrogen and oxygen atoms in total. The van der Waals surface area contributed by atoms with Gasteiger partial charge in [0.05, 0.1) is 32.0 Å². The monoisotopic (exact) mass is 547 g/mol. The fourth-order valence-corrected chi connectivity index (χ4v) is 6.12. The zero-order valence-corrected chi connectivity index (χ0v) is 23.1. The van der Waals surface area contributed by atoms with Crippen molar-refractivity contribution in [3.05, 3.63) is 65.7 Å². The number of fused-ring (bicyclic) bond motifs is 1. The van der Waals surface area contributed by atoms with Crippen molar-refractivity contribution >= 4 is 29.1 Å². The molecule has 0 aromatic heterocycles. The normalized spacial score (nSPS) is 23.4. The molecule has 3 atom stereocenters. The van der Waals surface area contributed by atoms with E-state index in [4.69, 9.17) is 4.74 Å². The maximum absolute atomic E-state index is 13.9. The van der Waals surface area contributed by atoms with Crippen LogP contribution in [0.2, 0.25) is 0 Å². The largest absolute Gasteiger partial charge is 0.497 e. The fourth-order valence-electron chi connectivity index (χ4n) is 6.12. The van der Waals surface area contributed by atoms with Gasteiger partial charge >= 0.3 is 0 Å². The first-order valence-electron chi connectivity index (χ1n) is 14.0. The summed E-state index contributed by atoms with van der Waals surface area (Å²) >= 11 is 0. The molecule has 0 bridgehead atoms. The Hall–Kier alpha value is -3.69. The first-order valence-corrected chi connectivity index (χ1v) is 14.0. The van der Waals surface area contributed by atoms with Gasteiger partial charge in [-0.15, -0.1) is 0 Å². The lowest BCUT2D eigenvalue weighted by Gasteiger charge is -2.28. The van der Waals surface area contributed by atoms with E-state index in [9.17, 15) is 24.6 Å². The van der Waals surface area contributed by atoms with E-state index >= 15 is 0 Å². The van der Waals surface area contributed by atoms with Crippen LogP contribution in [0.25, 0.3) is 0 Å². The quantitative estimate of drug-likeness (QED) is 0.467. The van der Waals surface area contributed by atoms with Gasteiger partial charge in [0.25, 0.3) is 5.91 Å². The molecule has 2 aromatic carbocycles. The fraction of sp³-hybridized carbons (Fsp3) is 0.452.